The van der Waals surface area contributed by atoms with Crippen molar-refractivity contribution in [2.45, 2.75) is 13.8 Å². The van der Waals surface area contributed by atoms with Crippen LogP contribution in [0.3, 0.4) is 0 Å². The van der Waals surface area contributed by atoms with Gasteiger partial charge in [-0.05, 0) is 44.2 Å². The van der Waals surface area contributed by atoms with Crippen LogP contribution < -0.4 is 25.2 Å². The Kier molecular flexibility index (Phi) is 4.65. The summed E-state index contributed by atoms with van der Waals surface area (Å²) in [5.74, 6) is 0.808. The largest absolute Gasteiger partial charge is 0.454 e. The normalized spacial score (nSPS) is 12.2. The molecule has 1 aromatic heterocycles. The number of nitrogens with one attached hydrogen (secondary N) is 2. The van der Waals surface area contributed by atoms with E-state index >= 15 is 0 Å². The number of ether oxygens (including phenoxy) is 2. The number of hydrogen-bond donors (Lipinski definition) is 2. The molecule has 0 saturated heterocycles. The van der Waals surface area contributed by atoms with Gasteiger partial charge in [0.05, 0.1) is 0 Å². The molecule has 1 aliphatic heterocycles. The minimum Gasteiger partial charge on any atom is -0.454 e. The molecule has 0 bridgehead atoms. The molecule has 1 aliphatic rings. The lowest BCUT2D eigenvalue weighted by atomic mass is 10.1. The summed E-state index contributed by atoms with van der Waals surface area (Å²) in [6, 6.07) is 12.6. The fourth-order valence-corrected chi connectivity index (χ4v) is 3.24. The first-order chi connectivity index (χ1) is 13.6. The summed E-state index contributed by atoms with van der Waals surface area (Å²) >= 11 is 0. The van der Waals surface area contributed by atoms with Crippen molar-refractivity contribution in [3.05, 3.63) is 53.6 Å². The van der Waals surface area contributed by atoms with Gasteiger partial charge in [0.1, 0.15) is 11.1 Å². The molecule has 28 heavy (non-hydrogen) atoms. The van der Waals surface area contributed by atoms with E-state index in [1.807, 2.05) is 18.2 Å². The molecule has 3 aromatic rings. The number of benzene rings is 2. The predicted octanol–water partition coefficient (Wildman–Crippen LogP) is 3.74. The average Bonchev–Trinajstić information content (AvgIpc) is 3.16. The SMILES string of the molecule is CCN(CC)c1ccc2cc(C(=O)Nc3ccc4c(c3)OCO4)c(=N)oc2c1. The van der Waals surface area contributed by atoms with Crippen molar-refractivity contribution in [3.8, 4) is 11.5 Å². The fourth-order valence-electron chi connectivity index (χ4n) is 3.24. The highest BCUT2D eigenvalue weighted by Gasteiger charge is 2.16. The van der Waals surface area contributed by atoms with Crippen LogP contribution in [0.15, 0.2) is 46.9 Å². The molecule has 0 fully saturated rings. The maximum absolute atomic E-state index is 12.7. The lowest BCUT2D eigenvalue weighted by molar-refractivity contribution is 0.102. The van der Waals surface area contributed by atoms with Crippen LogP contribution in [-0.2, 0) is 0 Å². The predicted molar refractivity (Wildman–Crippen MR) is 106 cm³/mol. The van der Waals surface area contributed by atoms with Gasteiger partial charge in [-0.25, -0.2) is 0 Å². The number of anilines is 2. The third-order valence-corrected chi connectivity index (χ3v) is 4.76. The molecular formula is C21H21N3O4. The number of amides is 1. The van der Waals surface area contributed by atoms with Gasteiger partial charge in [0, 0.05) is 42.0 Å². The van der Waals surface area contributed by atoms with Crippen LogP contribution in [0, 0.1) is 5.41 Å². The molecule has 144 valence electrons. The standard InChI is InChI=1S/C21H21N3O4/c1-3-24(4-2)15-7-5-13-9-16(20(22)28-18(13)11-15)21(25)23-14-6-8-17-19(10-14)27-12-26-17/h5-11,22H,3-4,12H2,1-2H3,(H,23,25). The van der Waals surface area contributed by atoms with E-state index in [1.54, 1.807) is 24.3 Å². The molecule has 0 aliphatic carbocycles. The number of carbonyl (C=O) groups is 1. The van der Waals surface area contributed by atoms with Gasteiger partial charge in [-0.3, -0.25) is 10.2 Å². The van der Waals surface area contributed by atoms with E-state index < -0.39 is 5.91 Å². The van der Waals surface area contributed by atoms with E-state index in [0.717, 1.165) is 24.2 Å². The Hall–Kier alpha value is -3.48. The molecule has 0 atom stereocenters. The van der Waals surface area contributed by atoms with Gasteiger partial charge in [-0.15, -0.1) is 0 Å². The molecular weight excluding hydrogens is 358 g/mol. The van der Waals surface area contributed by atoms with Crippen molar-refractivity contribution < 1.29 is 18.7 Å². The zero-order valence-corrected chi connectivity index (χ0v) is 15.7. The second-order valence-corrected chi connectivity index (χ2v) is 6.41. The topological polar surface area (TPSA) is 87.8 Å². The van der Waals surface area contributed by atoms with Crippen LogP contribution >= 0.6 is 0 Å². The van der Waals surface area contributed by atoms with Crippen molar-refractivity contribution in [2.75, 3.05) is 30.1 Å². The molecule has 1 amide bonds. The van der Waals surface area contributed by atoms with Crippen LogP contribution in [0.1, 0.15) is 24.2 Å². The molecule has 0 spiro atoms. The number of fused-ring (bicyclic) bond motifs is 2. The van der Waals surface area contributed by atoms with Crippen LogP contribution in [0.25, 0.3) is 11.0 Å². The van der Waals surface area contributed by atoms with E-state index in [9.17, 15) is 4.79 Å². The van der Waals surface area contributed by atoms with Crippen LogP contribution in [0.4, 0.5) is 11.4 Å². The molecule has 2 N–H and O–H groups in total. The van der Waals surface area contributed by atoms with E-state index in [-0.39, 0.29) is 17.9 Å². The Morgan fingerprint density at radius 1 is 1.07 bits per heavy atom. The zero-order valence-electron chi connectivity index (χ0n) is 15.7. The first-order valence-electron chi connectivity index (χ1n) is 9.17. The number of hydrogen-bond acceptors (Lipinski definition) is 6. The van der Waals surface area contributed by atoms with Crippen molar-refractivity contribution in [2.24, 2.45) is 0 Å². The Balaban J connectivity index is 1.63. The monoisotopic (exact) mass is 379 g/mol. The summed E-state index contributed by atoms with van der Waals surface area (Å²) < 4.78 is 16.2. The van der Waals surface area contributed by atoms with Crippen molar-refractivity contribution >= 4 is 28.3 Å². The zero-order chi connectivity index (χ0) is 19.7. The third kappa shape index (κ3) is 3.26. The lowest BCUT2D eigenvalue weighted by Gasteiger charge is -2.21. The maximum Gasteiger partial charge on any atom is 0.261 e. The van der Waals surface area contributed by atoms with Gasteiger partial charge >= 0.3 is 0 Å². The molecule has 2 heterocycles. The highest BCUT2D eigenvalue weighted by atomic mass is 16.7. The Morgan fingerprint density at radius 3 is 2.64 bits per heavy atom. The van der Waals surface area contributed by atoms with Crippen LogP contribution in [0.5, 0.6) is 11.5 Å². The minimum atomic E-state index is -0.415. The van der Waals surface area contributed by atoms with Gasteiger partial charge < -0.3 is 24.1 Å². The second kappa shape index (κ2) is 7.26. The van der Waals surface area contributed by atoms with Crippen LogP contribution in [0.2, 0.25) is 0 Å². The van der Waals surface area contributed by atoms with Gasteiger partial charge in [0.25, 0.3) is 5.91 Å². The molecule has 7 heteroatoms. The first kappa shape index (κ1) is 17.9. The van der Waals surface area contributed by atoms with Gasteiger partial charge in [-0.1, -0.05) is 0 Å². The number of carbonyl (C=O) groups excluding carboxylic acids is 1. The van der Waals surface area contributed by atoms with Gasteiger partial charge in [-0.2, -0.15) is 0 Å². The average molecular weight is 379 g/mol. The van der Waals surface area contributed by atoms with Gasteiger partial charge in [0.2, 0.25) is 12.3 Å². The van der Waals surface area contributed by atoms with Crippen molar-refractivity contribution in [1.29, 1.82) is 5.41 Å². The highest BCUT2D eigenvalue weighted by molar-refractivity contribution is 6.05. The lowest BCUT2D eigenvalue weighted by Crippen LogP contribution is -2.22. The van der Waals surface area contributed by atoms with Crippen molar-refractivity contribution in [3.63, 3.8) is 0 Å². The Labute approximate surface area is 162 Å². The number of rotatable bonds is 5. The summed E-state index contributed by atoms with van der Waals surface area (Å²) in [5.41, 5.74) is 2.15. The molecule has 0 saturated carbocycles. The molecule has 2 aromatic carbocycles. The Morgan fingerprint density at radius 2 is 1.86 bits per heavy atom. The Bertz CT molecular complexity index is 1100. The maximum atomic E-state index is 12.7. The number of nitrogens with zero attached hydrogens (tertiary/aromatic N) is 1. The minimum absolute atomic E-state index is 0.167. The van der Waals surface area contributed by atoms with Gasteiger partial charge in [0.15, 0.2) is 11.5 Å². The summed E-state index contributed by atoms with van der Waals surface area (Å²) in [7, 11) is 0. The van der Waals surface area contributed by atoms with Crippen molar-refractivity contribution in [1.82, 2.24) is 0 Å². The van der Waals surface area contributed by atoms with E-state index in [1.165, 1.54) is 0 Å². The molecule has 4 rings (SSSR count). The summed E-state index contributed by atoms with van der Waals surface area (Å²) in [6.45, 7) is 6.11. The fraction of sp³-hybridized carbons (Fsp3) is 0.238. The quantitative estimate of drug-likeness (QED) is 0.705. The summed E-state index contributed by atoms with van der Waals surface area (Å²) in [4.78, 5) is 14.9. The molecule has 0 unspecified atom stereocenters. The van der Waals surface area contributed by atoms with E-state index in [4.69, 9.17) is 19.3 Å². The smallest absolute Gasteiger partial charge is 0.261 e. The second-order valence-electron chi connectivity index (χ2n) is 6.41. The van der Waals surface area contributed by atoms with E-state index in [0.29, 0.717) is 22.8 Å². The molecule has 7 nitrogen and oxygen atoms in total. The summed E-state index contributed by atoms with van der Waals surface area (Å²) in [6.07, 6.45) is 0. The summed E-state index contributed by atoms with van der Waals surface area (Å²) in [5, 5.41) is 11.7. The highest BCUT2D eigenvalue weighted by Crippen LogP contribution is 2.34. The van der Waals surface area contributed by atoms with E-state index in [2.05, 4.69) is 24.1 Å². The first-order valence-corrected chi connectivity index (χ1v) is 9.17. The third-order valence-electron chi connectivity index (χ3n) is 4.76. The van der Waals surface area contributed by atoms with Crippen LogP contribution in [-0.4, -0.2) is 25.8 Å². The molecule has 0 radical (unpaired) electrons.